The topological polar surface area (TPSA) is 61.8 Å². The molecule has 0 atom stereocenters. The molecule has 5 heteroatoms. The molecule has 0 saturated heterocycles. The van der Waals surface area contributed by atoms with Gasteiger partial charge < -0.3 is 18.3 Å². The zero-order valence-corrected chi connectivity index (χ0v) is 13.2. The van der Waals surface area contributed by atoms with Crippen molar-refractivity contribution in [1.82, 2.24) is 0 Å². The molecule has 0 bridgehead atoms. The summed E-state index contributed by atoms with van der Waals surface area (Å²) in [6.45, 7) is 0. The van der Waals surface area contributed by atoms with Crippen molar-refractivity contribution in [2.24, 2.45) is 0 Å². The van der Waals surface area contributed by atoms with Crippen LogP contribution in [0, 0.1) is 0 Å². The monoisotopic (exact) mass is 322 g/mol. The number of carbonyl (C=O) groups is 1. The Balaban J connectivity index is 1.75. The Morgan fingerprint density at radius 2 is 1.21 bits per heavy atom. The first-order valence-electron chi connectivity index (χ1n) is 7.38. The van der Waals surface area contributed by atoms with Gasteiger partial charge in [-0.15, -0.1) is 0 Å². The Hall–Kier alpha value is -3.21. The first-order valence-corrected chi connectivity index (χ1v) is 7.38. The molecular weight excluding hydrogens is 308 g/mol. The van der Waals surface area contributed by atoms with Gasteiger partial charge >= 0.3 is 0 Å². The van der Waals surface area contributed by atoms with Crippen LogP contribution in [0.5, 0.6) is 11.5 Å². The van der Waals surface area contributed by atoms with Crippen LogP contribution in [0.25, 0.3) is 21.9 Å². The van der Waals surface area contributed by atoms with E-state index in [1.165, 1.54) is 0 Å². The van der Waals surface area contributed by atoms with Crippen LogP contribution >= 0.6 is 0 Å². The van der Waals surface area contributed by atoms with E-state index in [1.807, 2.05) is 24.3 Å². The number of rotatable bonds is 4. The molecule has 0 radical (unpaired) electrons. The van der Waals surface area contributed by atoms with Crippen molar-refractivity contribution in [3.05, 3.63) is 60.1 Å². The summed E-state index contributed by atoms with van der Waals surface area (Å²) in [5.74, 6) is 1.49. The van der Waals surface area contributed by atoms with Gasteiger partial charge in [0, 0.05) is 22.9 Å². The normalized spacial score (nSPS) is 11.1. The molecule has 4 rings (SSSR count). The lowest BCUT2D eigenvalue weighted by Gasteiger charge is -1.97. The average Bonchev–Trinajstić information content (AvgIpc) is 3.23. The van der Waals surface area contributed by atoms with Crippen LogP contribution < -0.4 is 9.47 Å². The van der Waals surface area contributed by atoms with Crippen LogP contribution in [0.1, 0.15) is 16.3 Å². The van der Waals surface area contributed by atoms with Crippen molar-refractivity contribution >= 4 is 27.7 Å². The van der Waals surface area contributed by atoms with Gasteiger partial charge in [0.05, 0.1) is 14.2 Å². The van der Waals surface area contributed by atoms with Gasteiger partial charge in [0.25, 0.3) is 5.78 Å². The first-order chi connectivity index (χ1) is 11.7. The van der Waals surface area contributed by atoms with Crippen molar-refractivity contribution in [3.8, 4) is 11.5 Å². The number of furan rings is 2. The number of methoxy groups -OCH3 is 2. The largest absolute Gasteiger partial charge is 0.497 e. The predicted molar refractivity (Wildman–Crippen MR) is 89.0 cm³/mol. The second-order valence-corrected chi connectivity index (χ2v) is 5.36. The highest BCUT2D eigenvalue weighted by molar-refractivity contribution is 6.09. The number of benzene rings is 2. The summed E-state index contributed by atoms with van der Waals surface area (Å²) in [5, 5.41) is 1.66. The lowest BCUT2D eigenvalue weighted by atomic mass is 10.2. The molecule has 0 fully saturated rings. The van der Waals surface area contributed by atoms with Crippen molar-refractivity contribution in [3.63, 3.8) is 0 Å². The number of hydrogen-bond acceptors (Lipinski definition) is 5. The molecular formula is C19H14O5. The van der Waals surface area contributed by atoms with Crippen molar-refractivity contribution < 1.29 is 23.1 Å². The molecule has 2 aromatic carbocycles. The summed E-state index contributed by atoms with van der Waals surface area (Å²) in [6.07, 6.45) is 0. The Morgan fingerprint density at radius 3 is 1.62 bits per heavy atom. The maximum atomic E-state index is 12.6. The summed E-state index contributed by atoms with van der Waals surface area (Å²) in [6, 6.07) is 14.2. The fourth-order valence-corrected chi connectivity index (χ4v) is 2.62. The second kappa shape index (κ2) is 5.45. The fraction of sp³-hybridized carbons (Fsp3) is 0.105. The Morgan fingerprint density at radius 1 is 0.750 bits per heavy atom. The van der Waals surface area contributed by atoms with Gasteiger partial charge in [-0.2, -0.15) is 0 Å². The van der Waals surface area contributed by atoms with Crippen molar-refractivity contribution in [1.29, 1.82) is 0 Å². The quantitative estimate of drug-likeness (QED) is 0.520. The number of carbonyl (C=O) groups excluding carboxylic acids is 1. The van der Waals surface area contributed by atoms with Gasteiger partial charge in [-0.25, -0.2) is 0 Å². The Kier molecular flexibility index (Phi) is 3.27. The van der Waals surface area contributed by atoms with E-state index < -0.39 is 0 Å². The molecule has 0 spiro atoms. The molecule has 2 heterocycles. The molecule has 0 amide bonds. The van der Waals surface area contributed by atoms with E-state index in [0.717, 1.165) is 10.8 Å². The van der Waals surface area contributed by atoms with E-state index in [0.29, 0.717) is 22.7 Å². The fourth-order valence-electron chi connectivity index (χ4n) is 2.62. The molecule has 4 aromatic rings. The zero-order valence-electron chi connectivity index (χ0n) is 13.2. The number of ketones is 1. The standard InChI is InChI=1S/C19H14O5/c1-21-13-5-3-11-7-17(23-15(11)9-13)19(20)18-8-12-4-6-14(22-2)10-16(12)24-18/h3-10H,1-2H3. The van der Waals surface area contributed by atoms with Crippen LogP contribution in [-0.2, 0) is 0 Å². The molecule has 0 saturated carbocycles. The average molecular weight is 322 g/mol. The van der Waals surface area contributed by atoms with E-state index >= 15 is 0 Å². The molecule has 0 aliphatic rings. The number of hydrogen-bond donors (Lipinski definition) is 0. The van der Waals surface area contributed by atoms with Crippen LogP contribution in [0.15, 0.2) is 57.4 Å². The molecule has 0 aliphatic heterocycles. The van der Waals surface area contributed by atoms with Crippen molar-refractivity contribution in [2.75, 3.05) is 14.2 Å². The maximum absolute atomic E-state index is 12.6. The van der Waals surface area contributed by atoms with Crippen LogP contribution in [-0.4, -0.2) is 20.0 Å². The van der Waals surface area contributed by atoms with E-state index in [1.54, 1.807) is 38.5 Å². The highest BCUT2D eigenvalue weighted by atomic mass is 16.5. The Bertz CT molecular complexity index is 970. The van der Waals surface area contributed by atoms with Gasteiger partial charge in [-0.3, -0.25) is 4.79 Å². The van der Waals surface area contributed by atoms with E-state index in [9.17, 15) is 4.79 Å². The second-order valence-electron chi connectivity index (χ2n) is 5.36. The summed E-state index contributed by atoms with van der Waals surface area (Å²) >= 11 is 0. The van der Waals surface area contributed by atoms with Gasteiger partial charge in [0.1, 0.15) is 22.7 Å². The number of ether oxygens (including phenoxy) is 2. The molecule has 2 aromatic heterocycles. The lowest BCUT2D eigenvalue weighted by Crippen LogP contribution is -1.96. The van der Waals surface area contributed by atoms with Crippen LogP contribution in [0.3, 0.4) is 0 Å². The van der Waals surface area contributed by atoms with E-state index in [4.69, 9.17) is 18.3 Å². The molecule has 0 aliphatic carbocycles. The van der Waals surface area contributed by atoms with Gasteiger partial charge in [-0.1, -0.05) is 0 Å². The van der Waals surface area contributed by atoms with Crippen molar-refractivity contribution in [2.45, 2.75) is 0 Å². The van der Waals surface area contributed by atoms with Gasteiger partial charge in [0.2, 0.25) is 0 Å². The highest BCUT2D eigenvalue weighted by Gasteiger charge is 2.19. The SMILES string of the molecule is COc1ccc2cc(C(=O)c3cc4ccc(OC)cc4o3)oc2c1. The van der Waals surface area contributed by atoms with E-state index in [-0.39, 0.29) is 17.3 Å². The third-order valence-corrected chi connectivity index (χ3v) is 3.90. The maximum Gasteiger partial charge on any atom is 0.263 e. The zero-order chi connectivity index (χ0) is 16.7. The molecule has 0 N–H and O–H groups in total. The van der Waals surface area contributed by atoms with Crippen LogP contribution in [0.4, 0.5) is 0 Å². The molecule has 120 valence electrons. The van der Waals surface area contributed by atoms with E-state index in [2.05, 4.69) is 0 Å². The van der Waals surface area contributed by atoms with Gasteiger partial charge in [0.15, 0.2) is 11.5 Å². The molecule has 24 heavy (non-hydrogen) atoms. The highest BCUT2D eigenvalue weighted by Crippen LogP contribution is 2.28. The molecule has 0 unspecified atom stereocenters. The Labute approximate surface area is 137 Å². The molecule has 5 nitrogen and oxygen atoms in total. The summed E-state index contributed by atoms with van der Waals surface area (Å²) in [5.41, 5.74) is 1.19. The van der Waals surface area contributed by atoms with Crippen LogP contribution in [0.2, 0.25) is 0 Å². The van der Waals surface area contributed by atoms with Gasteiger partial charge in [-0.05, 0) is 36.4 Å². The smallest absolute Gasteiger partial charge is 0.263 e. The minimum absolute atomic E-state index is 0.226. The summed E-state index contributed by atoms with van der Waals surface area (Å²) in [4.78, 5) is 12.6. The minimum Gasteiger partial charge on any atom is -0.497 e. The third kappa shape index (κ3) is 2.31. The predicted octanol–water partition coefficient (Wildman–Crippen LogP) is 4.43. The lowest BCUT2D eigenvalue weighted by molar-refractivity contribution is 0.0987. The summed E-state index contributed by atoms with van der Waals surface area (Å²) in [7, 11) is 3.16. The summed E-state index contributed by atoms with van der Waals surface area (Å²) < 4.78 is 21.6. The minimum atomic E-state index is -0.305. The number of fused-ring (bicyclic) bond motifs is 2. The third-order valence-electron chi connectivity index (χ3n) is 3.90. The first kappa shape index (κ1) is 14.4.